The first kappa shape index (κ1) is 28.4. The summed E-state index contributed by atoms with van der Waals surface area (Å²) in [6.07, 6.45) is 3.41. The highest BCUT2D eigenvalue weighted by Crippen LogP contribution is 2.48. The van der Waals surface area contributed by atoms with Gasteiger partial charge in [0.2, 0.25) is 11.8 Å². The molecule has 0 radical (unpaired) electrons. The van der Waals surface area contributed by atoms with Gasteiger partial charge in [0.25, 0.3) is 0 Å². The molecule has 1 aliphatic rings. The zero-order valence-corrected chi connectivity index (χ0v) is 24.9. The number of aryl methyl sites for hydroxylation is 1. The Bertz CT molecular complexity index is 1540. The topological polar surface area (TPSA) is 89.3 Å². The van der Waals surface area contributed by atoms with Gasteiger partial charge in [0.1, 0.15) is 18.1 Å². The van der Waals surface area contributed by atoms with E-state index in [1.165, 1.54) is 0 Å². The third-order valence-corrected chi connectivity index (χ3v) is 8.23. The Balaban J connectivity index is 1.65. The zero-order chi connectivity index (χ0) is 29.1. The third kappa shape index (κ3) is 6.15. The highest BCUT2D eigenvalue weighted by Gasteiger charge is 2.40. The van der Waals surface area contributed by atoms with Crippen molar-refractivity contribution >= 4 is 29.4 Å². The summed E-state index contributed by atoms with van der Waals surface area (Å²) in [5, 5.41) is 7.96. The van der Waals surface area contributed by atoms with Crippen LogP contribution in [-0.4, -0.2) is 46.0 Å². The molecule has 5 rings (SSSR count). The first-order chi connectivity index (χ1) is 19.7. The number of nitrogens with zero attached hydrogens (tertiary/aromatic N) is 4. The molecular formula is C32H35N5O3S. The second-order valence-corrected chi connectivity index (χ2v) is 12.3. The van der Waals surface area contributed by atoms with E-state index >= 15 is 0 Å². The van der Waals surface area contributed by atoms with Crippen molar-refractivity contribution in [1.82, 2.24) is 20.1 Å². The normalized spacial score (nSPS) is 15.3. The molecule has 0 saturated carbocycles. The number of carbonyl (C=O) groups is 2. The van der Waals surface area contributed by atoms with Crippen LogP contribution in [0.25, 0.3) is 5.69 Å². The predicted octanol–water partition coefficient (Wildman–Crippen LogP) is 5.37. The van der Waals surface area contributed by atoms with Gasteiger partial charge >= 0.3 is 0 Å². The minimum Gasteiger partial charge on any atom is -0.497 e. The summed E-state index contributed by atoms with van der Waals surface area (Å²) in [6.45, 7) is 8.66. The Morgan fingerprint density at radius 3 is 2.56 bits per heavy atom. The molecule has 8 nitrogen and oxygen atoms in total. The number of methoxy groups -OCH3 is 1. The first-order valence-electron chi connectivity index (χ1n) is 13.6. The van der Waals surface area contributed by atoms with Gasteiger partial charge in [-0.25, -0.2) is 4.68 Å². The molecule has 0 fully saturated rings. The average molecular weight is 570 g/mol. The molecular weight excluding hydrogens is 534 g/mol. The molecule has 2 aromatic heterocycles. The van der Waals surface area contributed by atoms with Crippen LogP contribution in [0.4, 0.5) is 5.82 Å². The van der Waals surface area contributed by atoms with Crippen LogP contribution in [0, 0.1) is 6.92 Å². The summed E-state index contributed by atoms with van der Waals surface area (Å²) in [5.74, 6) is 1.18. The molecule has 3 heterocycles. The van der Waals surface area contributed by atoms with Crippen LogP contribution >= 0.6 is 11.8 Å². The fraction of sp³-hybridized carbons (Fsp3) is 0.312. The van der Waals surface area contributed by atoms with Crippen molar-refractivity contribution in [1.29, 1.82) is 0 Å². The number of rotatable bonds is 7. The lowest BCUT2D eigenvalue weighted by Crippen LogP contribution is -2.42. The van der Waals surface area contributed by atoms with Crippen molar-refractivity contribution in [3.05, 3.63) is 101 Å². The van der Waals surface area contributed by atoms with Crippen molar-refractivity contribution in [2.75, 3.05) is 24.3 Å². The molecule has 0 aliphatic carbocycles. The smallest absolute Gasteiger partial charge is 0.240 e. The largest absolute Gasteiger partial charge is 0.497 e. The van der Waals surface area contributed by atoms with Crippen LogP contribution in [0.1, 0.15) is 54.0 Å². The van der Waals surface area contributed by atoms with Gasteiger partial charge in [-0.3, -0.25) is 19.5 Å². The fourth-order valence-electron chi connectivity index (χ4n) is 4.98. The average Bonchev–Trinajstić information content (AvgIpc) is 3.30. The van der Waals surface area contributed by atoms with Crippen LogP contribution in [0.2, 0.25) is 0 Å². The van der Waals surface area contributed by atoms with E-state index in [1.54, 1.807) is 36.2 Å². The maximum Gasteiger partial charge on any atom is 0.240 e. The Hall–Kier alpha value is -4.11. The first-order valence-corrected chi connectivity index (χ1v) is 14.6. The maximum atomic E-state index is 13.8. The van der Waals surface area contributed by atoms with Crippen molar-refractivity contribution < 1.29 is 14.3 Å². The van der Waals surface area contributed by atoms with E-state index in [4.69, 9.17) is 9.84 Å². The summed E-state index contributed by atoms with van der Waals surface area (Å²) in [7, 11) is 1.63. The molecule has 2 amide bonds. The van der Waals surface area contributed by atoms with E-state index in [0.717, 1.165) is 39.4 Å². The lowest BCUT2D eigenvalue weighted by atomic mass is 9.87. The van der Waals surface area contributed by atoms with Crippen LogP contribution < -0.4 is 15.0 Å². The summed E-state index contributed by atoms with van der Waals surface area (Å²) >= 11 is 1.58. The van der Waals surface area contributed by atoms with Crippen molar-refractivity contribution in [2.45, 2.75) is 44.9 Å². The van der Waals surface area contributed by atoms with Crippen LogP contribution in [0.15, 0.2) is 73.1 Å². The number of anilines is 1. The molecule has 9 heteroatoms. The number of nitrogens with one attached hydrogen (secondary N) is 1. The van der Waals surface area contributed by atoms with Gasteiger partial charge in [-0.15, -0.1) is 11.8 Å². The molecule has 0 spiro atoms. The minimum absolute atomic E-state index is 0.126. The number of benzene rings is 2. The van der Waals surface area contributed by atoms with Crippen molar-refractivity contribution in [3.8, 4) is 11.4 Å². The number of hydrogen-bond donors (Lipinski definition) is 1. The number of hydrogen-bond acceptors (Lipinski definition) is 6. The van der Waals surface area contributed by atoms with Crippen molar-refractivity contribution in [2.24, 2.45) is 0 Å². The lowest BCUT2D eigenvalue weighted by Gasteiger charge is -2.24. The van der Waals surface area contributed by atoms with Gasteiger partial charge in [-0.1, -0.05) is 56.7 Å². The van der Waals surface area contributed by atoms with Gasteiger partial charge < -0.3 is 10.1 Å². The number of carbonyl (C=O) groups excluding carboxylic acids is 2. The minimum atomic E-state index is -0.327. The Morgan fingerprint density at radius 2 is 1.90 bits per heavy atom. The summed E-state index contributed by atoms with van der Waals surface area (Å²) in [4.78, 5) is 32.9. The van der Waals surface area contributed by atoms with Crippen LogP contribution in [0.5, 0.6) is 5.75 Å². The molecule has 1 aliphatic heterocycles. The van der Waals surface area contributed by atoms with E-state index in [2.05, 4.69) is 56.2 Å². The quantitative estimate of drug-likeness (QED) is 0.322. The predicted molar refractivity (Wildman–Crippen MR) is 163 cm³/mol. The number of thioether (sulfide) groups is 1. The van der Waals surface area contributed by atoms with E-state index in [0.29, 0.717) is 12.4 Å². The van der Waals surface area contributed by atoms with Gasteiger partial charge in [0.05, 0.1) is 29.5 Å². The monoisotopic (exact) mass is 569 g/mol. The number of amides is 2. The molecule has 1 unspecified atom stereocenters. The molecule has 0 saturated heterocycles. The van der Waals surface area contributed by atoms with Gasteiger partial charge in [-0.2, -0.15) is 5.10 Å². The van der Waals surface area contributed by atoms with E-state index in [1.807, 2.05) is 47.1 Å². The summed E-state index contributed by atoms with van der Waals surface area (Å²) in [6, 6.07) is 19.7. The number of fused-ring (bicyclic) bond motifs is 1. The summed E-state index contributed by atoms with van der Waals surface area (Å²) < 4.78 is 7.20. The molecule has 1 N–H and O–H groups in total. The molecule has 212 valence electrons. The molecule has 1 atom stereocenters. The second kappa shape index (κ2) is 11.8. The standard InChI is InChI=1S/C32H35N5O3S/c1-21-8-6-10-23(16-21)29-28-30(32(2,3)4)35-37(24-11-13-25(40-5)14-12-24)31(28)36(27(39)20-41-29)19-26(38)34-18-22-9-7-15-33-17-22/h6-17,29H,18-20H2,1-5H3,(H,34,38). The third-order valence-electron chi connectivity index (χ3n) is 6.98. The zero-order valence-electron chi connectivity index (χ0n) is 24.0. The van der Waals surface area contributed by atoms with Gasteiger partial charge in [-0.05, 0) is 48.4 Å². The Kier molecular flexibility index (Phi) is 8.17. The number of aromatic nitrogens is 3. The second-order valence-electron chi connectivity index (χ2n) is 11.2. The Labute approximate surface area is 245 Å². The van der Waals surface area contributed by atoms with E-state index in [9.17, 15) is 9.59 Å². The highest BCUT2D eigenvalue weighted by molar-refractivity contribution is 8.00. The van der Waals surface area contributed by atoms with Gasteiger partial charge in [0.15, 0.2) is 0 Å². The molecule has 41 heavy (non-hydrogen) atoms. The highest BCUT2D eigenvalue weighted by atomic mass is 32.2. The van der Waals surface area contributed by atoms with Crippen LogP contribution in [0.3, 0.4) is 0 Å². The van der Waals surface area contributed by atoms with E-state index < -0.39 is 0 Å². The number of pyridine rings is 1. The fourth-order valence-corrected chi connectivity index (χ4v) is 6.16. The molecule has 0 bridgehead atoms. The lowest BCUT2D eigenvalue weighted by molar-refractivity contribution is -0.123. The SMILES string of the molecule is COc1ccc(-n2nc(C(C)(C)C)c3c2N(CC(=O)NCc2cccnc2)C(=O)CSC3c2cccc(C)c2)cc1. The van der Waals surface area contributed by atoms with E-state index in [-0.39, 0.29) is 34.8 Å². The van der Waals surface area contributed by atoms with Crippen molar-refractivity contribution in [3.63, 3.8) is 0 Å². The number of ether oxygens (including phenoxy) is 1. The molecule has 2 aromatic carbocycles. The Morgan fingerprint density at radius 1 is 1.12 bits per heavy atom. The van der Waals surface area contributed by atoms with Gasteiger partial charge in [0, 0.05) is 29.9 Å². The van der Waals surface area contributed by atoms with Crippen LogP contribution in [-0.2, 0) is 21.5 Å². The summed E-state index contributed by atoms with van der Waals surface area (Å²) in [5.41, 5.74) is 5.43. The molecule has 4 aromatic rings. The maximum absolute atomic E-state index is 13.8.